The molecule has 3 aliphatic rings. The van der Waals surface area contributed by atoms with Gasteiger partial charge in [-0.15, -0.1) is 0 Å². The van der Waals surface area contributed by atoms with Gasteiger partial charge in [0.2, 0.25) is 0 Å². The zero-order valence-electron chi connectivity index (χ0n) is 11.9. The Kier molecular flexibility index (Phi) is 2.31. The summed E-state index contributed by atoms with van der Waals surface area (Å²) in [6, 6.07) is 0. The third kappa shape index (κ3) is 1.02. The fraction of sp³-hybridized carbons (Fsp3) is 1.00. The predicted octanol–water partition coefficient (Wildman–Crippen LogP) is 2.22. The van der Waals surface area contributed by atoms with Crippen molar-refractivity contribution in [3.63, 3.8) is 0 Å². The summed E-state index contributed by atoms with van der Waals surface area (Å²) in [6.07, 6.45) is -0.518. The Morgan fingerprint density at radius 1 is 0.833 bits per heavy atom. The second-order valence-electron chi connectivity index (χ2n) is 6.52. The molecule has 0 aromatic heterocycles. The van der Waals surface area contributed by atoms with E-state index in [0.29, 0.717) is 0 Å². The van der Waals surface area contributed by atoms with Gasteiger partial charge in [-0.05, 0) is 13.8 Å². The maximum absolute atomic E-state index is 5.87. The van der Waals surface area contributed by atoms with Crippen LogP contribution in [0.3, 0.4) is 0 Å². The van der Waals surface area contributed by atoms with Crippen LogP contribution in [0.2, 0.25) is 0 Å². The van der Waals surface area contributed by atoms with Crippen LogP contribution in [-0.2, 0) is 14.2 Å². The first-order valence-electron chi connectivity index (χ1n) is 6.48. The average molecular weight is 254 g/mol. The standard InChI is InChI=1S/C13H22N2O3/c1-11(2)12(3)7-8(13(11,4)15-14-12)10(17-6)18-9(7)16-5/h7-10H,1-6H3/t7-,8+,9-,10+,12+,13-. The molecule has 0 unspecified atom stereocenters. The van der Waals surface area contributed by atoms with Crippen LogP contribution in [0.5, 0.6) is 0 Å². The Labute approximate surface area is 108 Å². The van der Waals surface area contributed by atoms with E-state index in [-0.39, 0.29) is 40.9 Å². The van der Waals surface area contributed by atoms with Crippen molar-refractivity contribution in [1.29, 1.82) is 0 Å². The van der Waals surface area contributed by atoms with Crippen molar-refractivity contribution in [1.82, 2.24) is 0 Å². The Hall–Kier alpha value is -0.520. The van der Waals surface area contributed by atoms with Gasteiger partial charge in [0.1, 0.15) is 0 Å². The van der Waals surface area contributed by atoms with Gasteiger partial charge in [0, 0.05) is 31.5 Å². The van der Waals surface area contributed by atoms with Crippen molar-refractivity contribution < 1.29 is 14.2 Å². The maximum atomic E-state index is 5.87. The quantitative estimate of drug-likeness (QED) is 0.759. The third-order valence-corrected chi connectivity index (χ3v) is 6.00. The van der Waals surface area contributed by atoms with Crippen LogP contribution >= 0.6 is 0 Å². The van der Waals surface area contributed by atoms with E-state index >= 15 is 0 Å². The van der Waals surface area contributed by atoms with Crippen LogP contribution in [0.25, 0.3) is 0 Å². The summed E-state index contributed by atoms with van der Waals surface area (Å²) in [5.74, 6) is 0.398. The highest BCUT2D eigenvalue weighted by Crippen LogP contribution is 2.70. The van der Waals surface area contributed by atoms with Crippen molar-refractivity contribution >= 4 is 0 Å². The smallest absolute Gasteiger partial charge is 0.166 e. The van der Waals surface area contributed by atoms with Gasteiger partial charge in [-0.1, -0.05) is 13.8 Å². The van der Waals surface area contributed by atoms with Gasteiger partial charge in [0.25, 0.3) is 0 Å². The lowest BCUT2D eigenvalue weighted by Gasteiger charge is -2.38. The summed E-state index contributed by atoms with van der Waals surface area (Å²) in [7, 11) is 3.36. The number of hydrogen-bond acceptors (Lipinski definition) is 5. The molecule has 18 heavy (non-hydrogen) atoms. The number of fused-ring (bicyclic) bond motifs is 5. The van der Waals surface area contributed by atoms with Gasteiger partial charge in [0.15, 0.2) is 12.6 Å². The van der Waals surface area contributed by atoms with E-state index < -0.39 is 0 Å². The Morgan fingerprint density at radius 2 is 1.22 bits per heavy atom. The van der Waals surface area contributed by atoms with E-state index in [1.807, 2.05) is 0 Å². The molecule has 0 aromatic carbocycles. The first kappa shape index (κ1) is 12.5. The van der Waals surface area contributed by atoms with Gasteiger partial charge in [0.05, 0.1) is 11.1 Å². The minimum Gasteiger partial charge on any atom is -0.355 e. The SMILES string of the molecule is CO[C@@H]1O[C@H](OC)[C@@H]2[C@H]1[C@]1(C)N=N[C@@]2(C)C1(C)C. The van der Waals surface area contributed by atoms with Crippen LogP contribution in [0.4, 0.5) is 0 Å². The largest absolute Gasteiger partial charge is 0.355 e. The molecule has 5 nitrogen and oxygen atoms in total. The summed E-state index contributed by atoms with van der Waals surface area (Å²) >= 11 is 0. The van der Waals surface area contributed by atoms with E-state index in [2.05, 4.69) is 37.9 Å². The summed E-state index contributed by atoms with van der Waals surface area (Å²) in [5, 5.41) is 9.16. The van der Waals surface area contributed by atoms with Crippen LogP contribution in [0.15, 0.2) is 10.2 Å². The highest BCUT2D eigenvalue weighted by Gasteiger charge is 2.78. The van der Waals surface area contributed by atoms with Gasteiger partial charge in [-0.3, -0.25) is 0 Å². The zero-order chi connectivity index (χ0) is 13.3. The number of ether oxygens (including phenoxy) is 3. The van der Waals surface area contributed by atoms with Crippen molar-refractivity contribution in [3.05, 3.63) is 0 Å². The Morgan fingerprint density at radius 3 is 1.56 bits per heavy atom. The molecule has 0 aromatic rings. The van der Waals surface area contributed by atoms with E-state index in [4.69, 9.17) is 14.2 Å². The van der Waals surface area contributed by atoms with Gasteiger partial charge >= 0.3 is 0 Å². The zero-order valence-corrected chi connectivity index (χ0v) is 11.9. The van der Waals surface area contributed by atoms with Crippen LogP contribution in [0.1, 0.15) is 27.7 Å². The fourth-order valence-corrected chi connectivity index (χ4v) is 4.21. The van der Waals surface area contributed by atoms with Gasteiger partial charge in [-0.25, -0.2) is 0 Å². The Bertz CT molecular complexity index is 377. The van der Waals surface area contributed by atoms with Crippen LogP contribution in [0, 0.1) is 17.3 Å². The van der Waals surface area contributed by atoms with E-state index in [0.717, 1.165) is 0 Å². The minimum absolute atomic E-state index is 0.0212. The molecule has 2 heterocycles. The minimum atomic E-state index is -0.259. The van der Waals surface area contributed by atoms with E-state index in [1.54, 1.807) is 14.2 Å². The van der Waals surface area contributed by atoms with Crippen molar-refractivity contribution in [2.45, 2.75) is 51.4 Å². The molecule has 6 atom stereocenters. The molecule has 0 spiro atoms. The van der Waals surface area contributed by atoms with E-state index in [1.165, 1.54) is 0 Å². The average Bonchev–Trinajstić information content (AvgIpc) is 2.84. The highest BCUT2D eigenvalue weighted by molar-refractivity contribution is 5.29. The normalized spacial score (nSPS) is 56.1. The topological polar surface area (TPSA) is 52.4 Å². The van der Waals surface area contributed by atoms with Crippen molar-refractivity contribution in [2.75, 3.05) is 14.2 Å². The highest BCUT2D eigenvalue weighted by atomic mass is 16.8. The number of azo groups is 1. The molecular weight excluding hydrogens is 232 g/mol. The molecule has 1 saturated carbocycles. The van der Waals surface area contributed by atoms with Gasteiger partial charge < -0.3 is 14.2 Å². The third-order valence-electron chi connectivity index (χ3n) is 6.00. The maximum Gasteiger partial charge on any atom is 0.166 e. The molecule has 2 fully saturated rings. The van der Waals surface area contributed by atoms with Crippen LogP contribution < -0.4 is 0 Å². The summed E-state index contributed by atoms with van der Waals surface area (Å²) in [4.78, 5) is 0. The van der Waals surface area contributed by atoms with Gasteiger partial charge in [-0.2, -0.15) is 10.2 Å². The molecule has 0 N–H and O–H groups in total. The monoisotopic (exact) mass is 254 g/mol. The molecule has 1 saturated heterocycles. The lowest BCUT2D eigenvalue weighted by molar-refractivity contribution is -0.209. The van der Waals surface area contributed by atoms with E-state index in [9.17, 15) is 0 Å². The molecule has 0 amide bonds. The lowest BCUT2D eigenvalue weighted by Crippen LogP contribution is -2.47. The molecule has 1 aliphatic carbocycles. The predicted molar refractivity (Wildman–Crippen MR) is 65.1 cm³/mol. The number of nitrogens with zero attached hydrogens (tertiary/aromatic N) is 2. The first-order valence-corrected chi connectivity index (χ1v) is 6.48. The lowest BCUT2D eigenvalue weighted by atomic mass is 9.68. The summed E-state index contributed by atoms with van der Waals surface area (Å²) < 4.78 is 16.9. The number of methoxy groups -OCH3 is 2. The molecule has 2 bridgehead atoms. The Balaban J connectivity index is 2.13. The summed E-state index contributed by atoms with van der Waals surface area (Å²) in [6.45, 7) is 8.81. The summed E-state index contributed by atoms with van der Waals surface area (Å²) in [5.41, 5.74) is -0.520. The van der Waals surface area contributed by atoms with Crippen molar-refractivity contribution in [3.8, 4) is 0 Å². The fourth-order valence-electron chi connectivity index (χ4n) is 4.21. The second-order valence-corrected chi connectivity index (χ2v) is 6.52. The molecule has 5 heteroatoms. The molecule has 3 rings (SSSR count). The van der Waals surface area contributed by atoms with Crippen LogP contribution in [-0.4, -0.2) is 37.9 Å². The molecule has 0 radical (unpaired) electrons. The molecule has 102 valence electrons. The second kappa shape index (κ2) is 3.32. The van der Waals surface area contributed by atoms with Crippen molar-refractivity contribution in [2.24, 2.45) is 27.5 Å². The number of rotatable bonds is 2. The molecule has 2 aliphatic heterocycles. The number of hydrogen-bond donors (Lipinski definition) is 0. The first-order chi connectivity index (χ1) is 8.33. The molecular formula is C13H22N2O3.